The minimum absolute atomic E-state index is 0.0235. The van der Waals surface area contributed by atoms with E-state index in [4.69, 9.17) is 9.47 Å². The summed E-state index contributed by atoms with van der Waals surface area (Å²) in [7, 11) is -3.57. The fourth-order valence-corrected chi connectivity index (χ4v) is 4.63. The highest BCUT2D eigenvalue weighted by Crippen LogP contribution is 2.32. The van der Waals surface area contributed by atoms with Gasteiger partial charge in [-0.25, -0.2) is 13.1 Å². The van der Waals surface area contributed by atoms with Gasteiger partial charge < -0.3 is 14.8 Å². The second-order valence-electron chi connectivity index (χ2n) is 5.42. The van der Waals surface area contributed by atoms with Crippen molar-refractivity contribution in [3.05, 3.63) is 35.2 Å². The van der Waals surface area contributed by atoms with E-state index in [2.05, 4.69) is 10.0 Å². The first kappa shape index (κ1) is 17.7. The smallest absolute Gasteiger partial charge is 0.250 e. The molecule has 25 heavy (non-hydrogen) atoms. The normalized spacial score (nSPS) is 13.5. The summed E-state index contributed by atoms with van der Waals surface area (Å²) in [6, 6.07) is 8.42. The van der Waals surface area contributed by atoms with Crippen LogP contribution in [0.15, 0.2) is 34.5 Å². The molecule has 0 aliphatic carbocycles. The molecule has 0 radical (unpaired) electrons. The summed E-state index contributed by atoms with van der Waals surface area (Å²) < 4.78 is 37.7. The van der Waals surface area contributed by atoms with Gasteiger partial charge in [0.05, 0.1) is 0 Å². The van der Waals surface area contributed by atoms with E-state index < -0.39 is 10.0 Å². The topological polar surface area (TPSA) is 93.7 Å². The quantitative estimate of drug-likeness (QED) is 0.798. The maximum absolute atomic E-state index is 12.1. The molecule has 2 heterocycles. The number of benzene rings is 1. The lowest BCUT2D eigenvalue weighted by Gasteiger charge is -2.19. The van der Waals surface area contributed by atoms with Crippen LogP contribution in [0, 0.1) is 6.92 Å². The van der Waals surface area contributed by atoms with Crippen molar-refractivity contribution in [1.82, 2.24) is 4.72 Å². The van der Waals surface area contributed by atoms with E-state index in [0.717, 1.165) is 4.88 Å². The highest BCUT2D eigenvalue weighted by Gasteiger charge is 2.17. The number of rotatable bonds is 6. The number of hydrogen-bond acceptors (Lipinski definition) is 6. The van der Waals surface area contributed by atoms with Gasteiger partial charge in [-0.1, -0.05) is 0 Å². The standard InChI is InChI=1S/C16H18N2O5S2/c1-11-2-5-16(24-11)25(20,21)17-7-6-15(19)18-12-3-4-13-14(10-12)23-9-8-22-13/h2-5,10,17H,6-9H2,1H3,(H,18,19). The molecular formula is C16H18N2O5S2. The molecule has 0 spiro atoms. The Morgan fingerprint density at radius 2 is 1.92 bits per heavy atom. The largest absolute Gasteiger partial charge is 0.486 e. The maximum atomic E-state index is 12.1. The molecule has 2 N–H and O–H groups in total. The molecule has 134 valence electrons. The monoisotopic (exact) mass is 382 g/mol. The summed E-state index contributed by atoms with van der Waals surface area (Å²) in [4.78, 5) is 12.9. The van der Waals surface area contributed by atoms with Gasteiger partial charge in [-0.15, -0.1) is 11.3 Å². The predicted molar refractivity (Wildman–Crippen MR) is 94.9 cm³/mol. The van der Waals surface area contributed by atoms with E-state index >= 15 is 0 Å². The number of sulfonamides is 1. The van der Waals surface area contributed by atoms with Crippen molar-refractivity contribution in [1.29, 1.82) is 0 Å². The molecule has 0 unspecified atom stereocenters. The Labute approximate surface area is 150 Å². The van der Waals surface area contributed by atoms with Crippen molar-refractivity contribution in [2.45, 2.75) is 17.6 Å². The van der Waals surface area contributed by atoms with Crippen molar-refractivity contribution in [2.24, 2.45) is 0 Å². The van der Waals surface area contributed by atoms with Crippen molar-refractivity contribution < 1.29 is 22.7 Å². The Hall–Kier alpha value is -2.10. The number of thiophene rings is 1. The minimum Gasteiger partial charge on any atom is -0.486 e. The number of ether oxygens (including phenoxy) is 2. The number of carbonyl (C=O) groups excluding carboxylic acids is 1. The lowest BCUT2D eigenvalue weighted by molar-refractivity contribution is -0.116. The molecule has 0 bridgehead atoms. The lowest BCUT2D eigenvalue weighted by Crippen LogP contribution is -2.27. The van der Waals surface area contributed by atoms with Crippen LogP contribution in [0.2, 0.25) is 0 Å². The summed E-state index contributed by atoms with van der Waals surface area (Å²) in [5.74, 6) is 0.933. The van der Waals surface area contributed by atoms with Crippen molar-refractivity contribution in [3.8, 4) is 11.5 Å². The van der Waals surface area contributed by atoms with E-state index in [-0.39, 0.29) is 23.1 Å². The van der Waals surface area contributed by atoms with E-state index in [1.165, 1.54) is 11.3 Å². The van der Waals surface area contributed by atoms with Gasteiger partial charge in [0.1, 0.15) is 17.4 Å². The molecule has 1 aliphatic rings. The first-order valence-corrected chi connectivity index (χ1v) is 10.00. The number of aryl methyl sites for hydroxylation is 1. The van der Waals surface area contributed by atoms with E-state index in [1.807, 2.05) is 6.92 Å². The van der Waals surface area contributed by atoms with Gasteiger partial charge in [0.15, 0.2) is 11.5 Å². The highest BCUT2D eigenvalue weighted by molar-refractivity contribution is 7.91. The molecule has 0 saturated heterocycles. The Balaban J connectivity index is 1.51. The average molecular weight is 382 g/mol. The van der Waals surface area contributed by atoms with Crippen LogP contribution in [-0.2, 0) is 14.8 Å². The summed E-state index contributed by atoms with van der Waals surface area (Å²) in [6.07, 6.45) is 0.0258. The number of fused-ring (bicyclic) bond motifs is 1. The summed E-state index contributed by atoms with van der Waals surface area (Å²) >= 11 is 1.19. The van der Waals surface area contributed by atoms with Crippen LogP contribution in [0.5, 0.6) is 11.5 Å². The summed E-state index contributed by atoms with van der Waals surface area (Å²) in [6.45, 7) is 2.83. The van der Waals surface area contributed by atoms with Crippen molar-refractivity contribution in [2.75, 3.05) is 25.1 Å². The van der Waals surface area contributed by atoms with Crippen LogP contribution < -0.4 is 19.5 Å². The van der Waals surface area contributed by atoms with Crippen molar-refractivity contribution in [3.63, 3.8) is 0 Å². The van der Waals surface area contributed by atoms with Crippen molar-refractivity contribution >= 4 is 33.0 Å². The van der Waals surface area contributed by atoms with Crippen LogP contribution in [0.3, 0.4) is 0 Å². The fourth-order valence-electron chi connectivity index (χ4n) is 2.27. The van der Waals surface area contributed by atoms with Gasteiger partial charge in [-0.05, 0) is 31.2 Å². The van der Waals surface area contributed by atoms with E-state index in [1.54, 1.807) is 30.3 Å². The molecule has 1 amide bonds. The molecule has 0 saturated carbocycles. The third kappa shape index (κ3) is 4.50. The number of anilines is 1. The third-order valence-electron chi connectivity index (χ3n) is 3.45. The Morgan fingerprint density at radius 3 is 2.64 bits per heavy atom. The minimum atomic E-state index is -3.57. The molecule has 1 aromatic carbocycles. The molecule has 0 atom stereocenters. The fraction of sp³-hybridized carbons (Fsp3) is 0.312. The lowest BCUT2D eigenvalue weighted by atomic mass is 10.2. The van der Waals surface area contributed by atoms with Crippen LogP contribution >= 0.6 is 11.3 Å². The zero-order chi connectivity index (χ0) is 17.9. The molecule has 2 aromatic rings. The summed E-state index contributed by atoms with van der Waals surface area (Å²) in [5.41, 5.74) is 0.575. The molecule has 7 nitrogen and oxygen atoms in total. The van der Waals surface area contributed by atoms with Crippen LogP contribution in [0.25, 0.3) is 0 Å². The Kier molecular flexibility index (Phi) is 5.26. The first-order chi connectivity index (χ1) is 11.9. The maximum Gasteiger partial charge on any atom is 0.250 e. The van der Waals surface area contributed by atoms with Gasteiger partial charge in [-0.3, -0.25) is 4.79 Å². The molecule has 1 aromatic heterocycles. The number of hydrogen-bond donors (Lipinski definition) is 2. The zero-order valence-corrected chi connectivity index (χ0v) is 15.2. The molecule has 9 heteroatoms. The van der Waals surface area contributed by atoms with Gasteiger partial charge in [0, 0.05) is 29.6 Å². The molecule has 0 fully saturated rings. The summed E-state index contributed by atoms with van der Waals surface area (Å²) in [5, 5.41) is 2.72. The van der Waals surface area contributed by atoms with E-state index in [0.29, 0.717) is 30.4 Å². The second-order valence-corrected chi connectivity index (χ2v) is 8.70. The zero-order valence-electron chi connectivity index (χ0n) is 13.6. The van der Waals surface area contributed by atoms with Crippen LogP contribution in [0.1, 0.15) is 11.3 Å². The number of carbonyl (C=O) groups is 1. The van der Waals surface area contributed by atoms with Gasteiger partial charge >= 0.3 is 0 Å². The Bertz CT molecular complexity index is 876. The van der Waals surface area contributed by atoms with Gasteiger partial charge in [-0.2, -0.15) is 0 Å². The predicted octanol–water partition coefficient (Wildman–Crippen LogP) is 2.13. The average Bonchev–Trinajstić information content (AvgIpc) is 3.02. The SMILES string of the molecule is Cc1ccc(S(=O)(=O)NCCC(=O)Nc2ccc3c(c2)OCCO3)s1. The molecule has 1 aliphatic heterocycles. The first-order valence-electron chi connectivity index (χ1n) is 7.70. The van der Waals surface area contributed by atoms with Crippen LogP contribution in [-0.4, -0.2) is 34.1 Å². The van der Waals surface area contributed by atoms with Gasteiger partial charge in [0.25, 0.3) is 0 Å². The Morgan fingerprint density at radius 1 is 1.16 bits per heavy atom. The van der Waals surface area contributed by atoms with E-state index in [9.17, 15) is 13.2 Å². The number of amides is 1. The van der Waals surface area contributed by atoms with Crippen LogP contribution in [0.4, 0.5) is 5.69 Å². The van der Waals surface area contributed by atoms with Gasteiger partial charge in [0.2, 0.25) is 15.9 Å². The molecular weight excluding hydrogens is 364 g/mol. The molecule has 3 rings (SSSR count). The highest BCUT2D eigenvalue weighted by atomic mass is 32.2. The number of nitrogens with one attached hydrogen (secondary N) is 2. The second kappa shape index (κ2) is 7.42. The third-order valence-corrected chi connectivity index (χ3v) is 6.40.